The normalized spacial score (nSPS) is 10.3. The van der Waals surface area contributed by atoms with Crippen LogP contribution < -0.4 is 5.32 Å². The van der Waals surface area contributed by atoms with E-state index in [1.54, 1.807) is 6.07 Å². The van der Waals surface area contributed by atoms with E-state index in [9.17, 15) is 13.6 Å². The van der Waals surface area contributed by atoms with Gasteiger partial charge in [0, 0.05) is 11.0 Å². The SMILES string of the molecule is O=C(O)c1ccc(CNc2cc(F)ccc2F)c(Br)c1. The molecule has 0 fully saturated rings. The van der Waals surface area contributed by atoms with Crippen LogP contribution in [0.3, 0.4) is 0 Å². The lowest BCUT2D eigenvalue weighted by Gasteiger charge is -2.10. The standard InChI is InChI=1S/C14H10BrF2NO2/c15-11-5-8(14(19)20)1-2-9(11)7-18-13-6-10(16)3-4-12(13)17/h1-6,18H,7H2,(H,19,20). The third-order valence-corrected chi connectivity index (χ3v) is 3.44. The predicted octanol–water partition coefficient (Wildman–Crippen LogP) is 4.04. The smallest absolute Gasteiger partial charge is 0.335 e. The maximum absolute atomic E-state index is 13.4. The van der Waals surface area contributed by atoms with E-state index in [1.165, 1.54) is 12.1 Å². The average Bonchev–Trinajstić information content (AvgIpc) is 2.40. The number of hydrogen-bond donors (Lipinski definition) is 2. The summed E-state index contributed by atoms with van der Waals surface area (Å²) in [6.45, 7) is 0.237. The first-order valence-corrected chi connectivity index (χ1v) is 6.47. The second-order valence-electron chi connectivity index (χ2n) is 4.09. The lowest BCUT2D eigenvalue weighted by molar-refractivity contribution is 0.0697. The van der Waals surface area contributed by atoms with Crippen LogP contribution in [0.5, 0.6) is 0 Å². The van der Waals surface area contributed by atoms with Crippen molar-refractivity contribution in [3.05, 3.63) is 63.6 Å². The Morgan fingerprint density at radius 1 is 1.20 bits per heavy atom. The van der Waals surface area contributed by atoms with E-state index in [1.807, 2.05) is 0 Å². The second-order valence-corrected chi connectivity index (χ2v) is 4.94. The minimum Gasteiger partial charge on any atom is -0.478 e. The van der Waals surface area contributed by atoms with Gasteiger partial charge in [0.1, 0.15) is 11.6 Å². The van der Waals surface area contributed by atoms with Gasteiger partial charge in [-0.15, -0.1) is 0 Å². The highest BCUT2D eigenvalue weighted by molar-refractivity contribution is 9.10. The molecule has 0 aliphatic carbocycles. The van der Waals surface area contributed by atoms with Gasteiger partial charge in [-0.05, 0) is 35.9 Å². The molecule has 2 N–H and O–H groups in total. The maximum atomic E-state index is 13.4. The summed E-state index contributed by atoms with van der Waals surface area (Å²) in [5, 5.41) is 11.6. The van der Waals surface area contributed by atoms with Crippen molar-refractivity contribution in [3.63, 3.8) is 0 Å². The summed E-state index contributed by atoms with van der Waals surface area (Å²) >= 11 is 3.25. The molecule has 0 spiro atoms. The summed E-state index contributed by atoms with van der Waals surface area (Å²) < 4.78 is 27.0. The quantitative estimate of drug-likeness (QED) is 0.882. The molecule has 0 unspecified atom stereocenters. The Balaban J connectivity index is 2.15. The number of benzene rings is 2. The molecule has 104 valence electrons. The Morgan fingerprint density at radius 3 is 2.60 bits per heavy atom. The van der Waals surface area contributed by atoms with Crippen molar-refractivity contribution in [3.8, 4) is 0 Å². The molecule has 0 aliphatic rings. The van der Waals surface area contributed by atoms with Crippen molar-refractivity contribution in [1.29, 1.82) is 0 Å². The molecule has 2 aromatic rings. The largest absolute Gasteiger partial charge is 0.478 e. The Bertz CT molecular complexity index is 662. The Morgan fingerprint density at radius 2 is 1.95 bits per heavy atom. The van der Waals surface area contributed by atoms with Gasteiger partial charge in [0.25, 0.3) is 0 Å². The van der Waals surface area contributed by atoms with Crippen LogP contribution in [0.1, 0.15) is 15.9 Å². The van der Waals surface area contributed by atoms with E-state index >= 15 is 0 Å². The van der Waals surface area contributed by atoms with E-state index in [0.717, 1.165) is 23.8 Å². The molecule has 2 aromatic carbocycles. The molecule has 0 saturated carbocycles. The van der Waals surface area contributed by atoms with Crippen molar-refractivity contribution in [2.45, 2.75) is 6.54 Å². The zero-order valence-electron chi connectivity index (χ0n) is 10.2. The summed E-state index contributed by atoms with van der Waals surface area (Å²) in [4.78, 5) is 10.8. The molecule has 0 aromatic heterocycles. The Kier molecular flexibility index (Phi) is 4.34. The number of hydrogen-bond acceptors (Lipinski definition) is 2. The van der Waals surface area contributed by atoms with Crippen molar-refractivity contribution < 1.29 is 18.7 Å². The number of nitrogens with one attached hydrogen (secondary N) is 1. The number of halogens is 3. The van der Waals surface area contributed by atoms with Crippen LogP contribution in [0.2, 0.25) is 0 Å². The molecule has 0 heterocycles. The third kappa shape index (κ3) is 3.33. The lowest BCUT2D eigenvalue weighted by atomic mass is 10.1. The summed E-state index contributed by atoms with van der Waals surface area (Å²) in [6.07, 6.45) is 0. The van der Waals surface area contributed by atoms with Crippen LogP contribution in [0.25, 0.3) is 0 Å². The molecule has 3 nitrogen and oxygen atoms in total. The van der Waals surface area contributed by atoms with E-state index in [4.69, 9.17) is 5.11 Å². The van der Waals surface area contributed by atoms with Gasteiger partial charge in [-0.25, -0.2) is 13.6 Å². The van der Waals surface area contributed by atoms with Crippen LogP contribution in [-0.2, 0) is 6.54 Å². The highest BCUT2D eigenvalue weighted by atomic mass is 79.9. The predicted molar refractivity (Wildman–Crippen MR) is 74.8 cm³/mol. The fourth-order valence-electron chi connectivity index (χ4n) is 1.65. The van der Waals surface area contributed by atoms with Gasteiger partial charge in [0.2, 0.25) is 0 Å². The van der Waals surface area contributed by atoms with Gasteiger partial charge in [0.05, 0.1) is 11.3 Å². The van der Waals surface area contributed by atoms with Crippen molar-refractivity contribution in [1.82, 2.24) is 0 Å². The summed E-state index contributed by atoms with van der Waals surface area (Å²) in [5.41, 5.74) is 0.940. The van der Waals surface area contributed by atoms with E-state index in [2.05, 4.69) is 21.2 Å². The van der Waals surface area contributed by atoms with Crippen LogP contribution in [0.15, 0.2) is 40.9 Å². The molecule has 6 heteroatoms. The first kappa shape index (κ1) is 14.5. The van der Waals surface area contributed by atoms with Crippen molar-refractivity contribution >= 4 is 27.6 Å². The fraction of sp³-hybridized carbons (Fsp3) is 0.0714. The van der Waals surface area contributed by atoms with Gasteiger partial charge in [-0.2, -0.15) is 0 Å². The molecule has 0 amide bonds. The van der Waals surface area contributed by atoms with Crippen LogP contribution >= 0.6 is 15.9 Å². The number of carboxylic acid groups (broad SMARTS) is 1. The Labute approximate surface area is 122 Å². The molecule has 0 saturated heterocycles. The minimum absolute atomic E-state index is 0.0548. The number of rotatable bonds is 4. The second kappa shape index (κ2) is 6.00. The molecule has 0 bridgehead atoms. The van der Waals surface area contributed by atoms with E-state index in [0.29, 0.717) is 4.47 Å². The van der Waals surface area contributed by atoms with Gasteiger partial charge in [-0.3, -0.25) is 0 Å². The molecule has 20 heavy (non-hydrogen) atoms. The van der Waals surface area contributed by atoms with Gasteiger partial charge in [-0.1, -0.05) is 22.0 Å². The van der Waals surface area contributed by atoms with Gasteiger partial charge < -0.3 is 10.4 Å². The van der Waals surface area contributed by atoms with Crippen LogP contribution in [-0.4, -0.2) is 11.1 Å². The Hall–Kier alpha value is -1.95. The molecule has 0 aliphatic heterocycles. The first-order chi connectivity index (χ1) is 9.47. The number of carboxylic acids is 1. The summed E-state index contributed by atoms with van der Waals surface area (Å²) in [7, 11) is 0. The third-order valence-electron chi connectivity index (χ3n) is 2.70. The zero-order chi connectivity index (χ0) is 14.7. The zero-order valence-corrected chi connectivity index (χ0v) is 11.7. The highest BCUT2D eigenvalue weighted by Gasteiger charge is 2.08. The number of anilines is 1. The van der Waals surface area contributed by atoms with Crippen LogP contribution in [0.4, 0.5) is 14.5 Å². The summed E-state index contributed by atoms with van der Waals surface area (Å²) in [6, 6.07) is 7.66. The van der Waals surface area contributed by atoms with Gasteiger partial charge in [0.15, 0.2) is 0 Å². The van der Waals surface area contributed by atoms with E-state index in [-0.39, 0.29) is 17.8 Å². The van der Waals surface area contributed by atoms with Gasteiger partial charge >= 0.3 is 5.97 Å². The van der Waals surface area contributed by atoms with Crippen molar-refractivity contribution in [2.75, 3.05) is 5.32 Å². The van der Waals surface area contributed by atoms with Crippen molar-refractivity contribution in [2.24, 2.45) is 0 Å². The van der Waals surface area contributed by atoms with Crippen LogP contribution in [0, 0.1) is 11.6 Å². The molecular formula is C14H10BrF2NO2. The number of aromatic carboxylic acids is 1. The van der Waals surface area contributed by atoms with E-state index < -0.39 is 17.6 Å². The first-order valence-electron chi connectivity index (χ1n) is 5.68. The topological polar surface area (TPSA) is 49.3 Å². The lowest BCUT2D eigenvalue weighted by Crippen LogP contribution is -2.04. The maximum Gasteiger partial charge on any atom is 0.335 e. The monoisotopic (exact) mass is 341 g/mol. The molecule has 2 rings (SSSR count). The minimum atomic E-state index is -1.03. The highest BCUT2D eigenvalue weighted by Crippen LogP contribution is 2.21. The average molecular weight is 342 g/mol. The fourth-order valence-corrected chi connectivity index (χ4v) is 2.17. The number of carbonyl (C=O) groups is 1. The molecule has 0 atom stereocenters. The summed E-state index contributed by atoms with van der Waals surface area (Å²) in [5.74, 6) is -2.11. The molecule has 0 radical (unpaired) electrons. The molecular weight excluding hydrogens is 332 g/mol.